The van der Waals surface area contributed by atoms with Crippen molar-refractivity contribution in [2.75, 3.05) is 44.7 Å². The fraction of sp³-hybridized carbons (Fsp3) is 0.643. The summed E-state index contributed by atoms with van der Waals surface area (Å²) in [5, 5.41) is 3.30. The molecule has 0 spiro atoms. The van der Waals surface area contributed by atoms with Gasteiger partial charge in [0.1, 0.15) is 5.82 Å². The molecule has 1 aliphatic rings. The highest BCUT2D eigenvalue weighted by molar-refractivity contribution is 5.32. The quantitative estimate of drug-likeness (QED) is 0.894. The van der Waals surface area contributed by atoms with Crippen LogP contribution in [0.15, 0.2) is 24.4 Å². The first-order valence-electron chi connectivity index (χ1n) is 6.81. The Morgan fingerprint density at radius 3 is 2.67 bits per heavy atom. The van der Waals surface area contributed by atoms with E-state index in [1.807, 2.05) is 18.2 Å². The van der Waals surface area contributed by atoms with Crippen molar-refractivity contribution in [3.05, 3.63) is 24.4 Å². The van der Waals surface area contributed by atoms with Crippen LogP contribution < -0.4 is 5.32 Å². The topological polar surface area (TPSA) is 37.4 Å². The van der Waals surface area contributed by atoms with Crippen LogP contribution in [-0.4, -0.2) is 49.3 Å². The Bertz CT molecular complexity index is 292. The van der Waals surface area contributed by atoms with Crippen molar-refractivity contribution in [1.29, 1.82) is 0 Å². The summed E-state index contributed by atoms with van der Waals surface area (Å²) in [7, 11) is 0. The SMILES string of the molecule is CCC.[HH].c1ccc(NCCN2CCOCC2)nc1. The highest BCUT2D eigenvalue weighted by atomic mass is 16.5. The van der Waals surface area contributed by atoms with Gasteiger partial charge >= 0.3 is 0 Å². The number of anilines is 1. The Balaban J connectivity index is 0.000000742. The molecule has 0 aromatic carbocycles. The lowest BCUT2D eigenvalue weighted by Crippen LogP contribution is -2.39. The van der Waals surface area contributed by atoms with Crippen molar-refractivity contribution < 1.29 is 6.16 Å². The third kappa shape index (κ3) is 6.57. The van der Waals surface area contributed by atoms with E-state index in [-0.39, 0.29) is 1.43 Å². The van der Waals surface area contributed by atoms with Crippen LogP contribution in [0.25, 0.3) is 0 Å². The van der Waals surface area contributed by atoms with Gasteiger partial charge in [-0.25, -0.2) is 4.98 Å². The van der Waals surface area contributed by atoms with Crippen molar-refractivity contribution in [2.24, 2.45) is 0 Å². The normalized spacial score (nSPS) is 15.7. The third-order valence-electron chi connectivity index (χ3n) is 2.50. The zero-order valence-corrected chi connectivity index (χ0v) is 11.6. The molecular formula is C14H27N3O. The molecule has 2 heterocycles. The molecule has 2 rings (SSSR count). The van der Waals surface area contributed by atoms with Crippen LogP contribution in [0.3, 0.4) is 0 Å². The molecule has 1 aromatic heterocycles. The predicted octanol–water partition coefficient (Wildman–Crippen LogP) is 2.49. The highest BCUT2D eigenvalue weighted by Crippen LogP contribution is 2.00. The number of rotatable bonds is 4. The number of ether oxygens (including phenoxy) is 1. The van der Waals surface area contributed by atoms with Crippen molar-refractivity contribution in [3.63, 3.8) is 0 Å². The second-order valence-electron chi connectivity index (χ2n) is 4.30. The number of hydrogen-bond acceptors (Lipinski definition) is 4. The molecule has 4 nitrogen and oxygen atoms in total. The van der Waals surface area contributed by atoms with E-state index in [1.54, 1.807) is 6.20 Å². The fourth-order valence-corrected chi connectivity index (χ4v) is 1.63. The molecule has 0 unspecified atom stereocenters. The first-order chi connectivity index (χ1) is 8.86. The van der Waals surface area contributed by atoms with E-state index in [9.17, 15) is 0 Å². The number of nitrogens with one attached hydrogen (secondary N) is 1. The average molecular weight is 253 g/mol. The van der Waals surface area contributed by atoms with Crippen molar-refractivity contribution in [3.8, 4) is 0 Å². The highest BCUT2D eigenvalue weighted by Gasteiger charge is 2.08. The molecule has 0 aliphatic carbocycles. The van der Waals surface area contributed by atoms with Crippen LogP contribution in [0.5, 0.6) is 0 Å². The van der Waals surface area contributed by atoms with E-state index < -0.39 is 0 Å². The lowest BCUT2D eigenvalue weighted by atomic mass is 10.4. The molecule has 0 amide bonds. The second-order valence-corrected chi connectivity index (χ2v) is 4.30. The van der Waals surface area contributed by atoms with Gasteiger partial charge < -0.3 is 10.1 Å². The van der Waals surface area contributed by atoms with Crippen LogP contribution in [0, 0.1) is 0 Å². The number of aromatic nitrogens is 1. The molecule has 4 heteroatoms. The molecular weight excluding hydrogens is 226 g/mol. The lowest BCUT2D eigenvalue weighted by molar-refractivity contribution is 0.0398. The summed E-state index contributed by atoms with van der Waals surface area (Å²) in [6.07, 6.45) is 3.05. The predicted molar refractivity (Wildman–Crippen MR) is 78.1 cm³/mol. The minimum absolute atomic E-state index is 0. The van der Waals surface area contributed by atoms with E-state index in [1.165, 1.54) is 6.42 Å². The van der Waals surface area contributed by atoms with Gasteiger partial charge in [-0.3, -0.25) is 4.90 Å². The molecule has 0 atom stereocenters. The molecule has 0 saturated carbocycles. The first-order valence-corrected chi connectivity index (χ1v) is 6.81. The maximum absolute atomic E-state index is 5.29. The largest absolute Gasteiger partial charge is 0.379 e. The van der Waals surface area contributed by atoms with Crippen LogP contribution in [0.1, 0.15) is 21.7 Å². The summed E-state index contributed by atoms with van der Waals surface area (Å²) >= 11 is 0. The average Bonchev–Trinajstić information content (AvgIpc) is 2.42. The Morgan fingerprint density at radius 2 is 2.06 bits per heavy atom. The van der Waals surface area contributed by atoms with Crippen molar-refractivity contribution in [2.45, 2.75) is 20.3 Å². The Kier molecular flexibility index (Phi) is 8.17. The fourth-order valence-electron chi connectivity index (χ4n) is 1.63. The zero-order chi connectivity index (χ0) is 13.1. The molecule has 1 fully saturated rings. The van der Waals surface area contributed by atoms with Gasteiger partial charge in [-0.2, -0.15) is 0 Å². The second kappa shape index (κ2) is 9.85. The molecule has 104 valence electrons. The van der Waals surface area contributed by atoms with Crippen molar-refractivity contribution in [1.82, 2.24) is 9.88 Å². The van der Waals surface area contributed by atoms with Crippen LogP contribution in [-0.2, 0) is 4.74 Å². The summed E-state index contributed by atoms with van der Waals surface area (Å²) in [5.74, 6) is 0.950. The van der Waals surface area contributed by atoms with E-state index in [0.29, 0.717) is 0 Å². The molecule has 1 saturated heterocycles. The zero-order valence-electron chi connectivity index (χ0n) is 11.6. The molecule has 18 heavy (non-hydrogen) atoms. The Hall–Kier alpha value is -1.13. The van der Waals surface area contributed by atoms with Gasteiger partial charge in [0, 0.05) is 33.8 Å². The van der Waals surface area contributed by atoms with Gasteiger partial charge in [-0.15, -0.1) is 0 Å². The number of pyridine rings is 1. The standard InChI is InChI=1S/C11H17N3O.C3H8.H2/c1-2-4-12-11(3-1)13-5-6-14-7-9-15-10-8-14;1-3-2;/h1-4H,5-10H2,(H,12,13);3H2,1-2H3;1H. The minimum Gasteiger partial charge on any atom is -0.379 e. The van der Waals surface area contributed by atoms with Crippen LogP contribution in [0.2, 0.25) is 0 Å². The van der Waals surface area contributed by atoms with Crippen molar-refractivity contribution >= 4 is 5.82 Å². The third-order valence-corrected chi connectivity index (χ3v) is 2.50. The maximum Gasteiger partial charge on any atom is 0.125 e. The smallest absolute Gasteiger partial charge is 0.125 e. The van der Waals surface area contributed by atoms with Gasteiger partial charge in [-0.05, 0) is 12.1 Å². The summed E-state index contributed by atoms with van der Waals surface area (Å²) in [5.41, 5.74) is 0. The summed E-state index contributed by atoms with van der Waals surface area (Å²) in [6, 6.07) is 5.90. The minimum atomic E-state index is 0. The van der Waals surface area contributed by atoms with Gasteiger partial charge in [0.25, 0.3) is 0 Å². The lowest BCUT2D eigenvalue weighted by Gasteiger charge is -2.26. The molecule has 1 N–H and O–H groups in total. The summed E-state index contributed by atoms with van der Waals surface area (Å²) in [4.78, 5) is 6.61. The molecule has 1 aromatic rings. The van der Waals surface area contributed by atoms with Gasteiger partial charge in [0.2, 0.25) is 0 Å². The van der Waals surface area contributed by atoms with Crippen LogP contribution in [0.4, 0.5) is 5.82 Å². The van der Waals surface area contributed by atoms with E-state index in [4.69, 9.17) is 4.74 Å². The first kappa shape index (κ1) is 14.9. The van der Waals surface area contributed by atoms with E-state index in [0.717, 1.165) is 45.2 Å². The Morgan fingerprint density at radius 1 is 1.33 bits per heavy atom. The van der Waals surface area contributed by atoms with E-state index >= 15 is 0 Å². The number of morpholine rings is 1. The number of nitrogens with zero attached hydrogens (tertiary/aromatic N) is 2. The molecule has 0 bridgehead atoms. The Labute approximate surface area is 112 Å². The van der Waals surface area contributed by atoms with Gasteiger partial charge in [0.15, 0.2) is 0 Å². The van der Waals surface area contributed by atoms with Gasteiger partial charge in [0.05, 0.1) is 13.2 Å². The molecule has 0 radical (unpaired) electrons. The van der Waals surface area contributed by atoms with Gasteiger partial charge in [-0.1, -0.05) is 26.3 Å². The monoisotopic (exact) mass is 253 g/mol. The summed E-state index contributed by atoms with van der Waals surface area (Å²) < 4.78 is 5.29. The van der Waals surface area contributed by atoms with Crippen LogP contribution >= 0.6 is 0 Å². The number of hydrogen-bond donors (Lipinski definition) is 1. The maximum atomic E-state index is 5.29. The molecule has 1 aliphatic heterocycles. The van der Waals surface area contributed by atoms with E-state index in [2.05, 4.69) is 29.0 Å². The summed E-state index contributed by atoms with van der Waals surface area (Å²) in [6.45, 7) is 10.1.